The van der Waals surface area contributed by atoms with Gasteiger partial charge in [-0.15, -0.1) is 0 Å². The van der Waals surface area contributed by atoms with Gasteiger partial charge in [-0.25, -0.2) is 4.39 Å². The van der Waals surface area contributed by atoms with Crippen molar-refractivity contribution in [2.24, 2.45) is 0 Å². The zero-order valence-corrected chi connectivity index (χ0v) is 17.6. The van der Waals surface area contributed by atoms with Gasteiger partial charge in [0.15, 0.2) is 0 Å². The van der Waals surface area contributed by atoms with Crippen LogP contribution in [0.5, 0.6) is 0 Å². The zero-order chi connectivity index (χ0) is 21.9. The normalized spacial score (nSPS) is 10.9. The van der Waals surface area contributed by atoms with Gasteiger partial charge in [0, 0.05) is 46.2 Å². The van der Waals surface area contributed by atoms with Crippen molar-refractivity contribution in [2.45, 2.75) is 4.90 Å². The van der Waals surface area contributed by atoms with E-state index in [1.165, 1.54) is 24.1 Å². The van der Waals surface area contributed by atoms with Crippen LogP contribution >= 0.6 is 11.9 Å². The minimum Gasteiger partial charge on any atom is -0.327 e. The monoisotopic (exact) mass is 440 g/mol. The van der Waals surface area contributed by atoms with E-state index in [1.54, 1.807) is 36.8 Å². The fourth-order valence-corrected chi connectivity index (χ4v) is 4.09. The molecule has 7 heteroatoms. The fourth-order valence-electron chi connectivity index (χ4n) is 3.44. The van der Waals surface area contributed by atoms with E-state index in [1.807, 2.05) is 36.5 Å². The Labute approximate surface area is 187 Å². The number of hydrogen-bond acceptors (Lipinski definition) is 5. The van der Waals surface area contributed by atoms with Crippen molar-refractivity contribution in [3.63, 3.8) is 0 Å². The topological polar surface area (TPSA) is 70.7 Å². The Morgan fingerprint density at radius 1 is 0.906 bits per heavy atom. The zero-order valence-electron chi connectivity index (χ0n) is 16.7. The van der Waals surface area contributed by atoms with Crippen LogP contribution in [0.3, 0.4) is 0 Å². The quantitative estimate of drug-likeness (QED) is 0.333. The summed E-state index contributed by atoms with van der Waals surface area (Å²) in [6, 6.07) is 19.8. The van der Waals surface area contributed by atoms with Gasteiger partial charge in [0.2, 0.25) is 0 Å². The molecule has 2 aromatic carbocycles. The first-order chi connectivity index (χ1) is 15.7. The molecule has 156 valence electrons. The maximum absolute atomic E-state index is 13.1. The lowest BCUT2D eigenvalue weighted by Crippen LogP contribution is -2.09. The maximum atomic E-state index is 13.1. The summed E-state index contributed by atoms with van der Waals surface area (Å²) in [5.74, 6) is -0.300. The van der Waals surface area contributed by atoms with Crippen molar-refractivity contribution in [3.05, 3.63) is 108 Å². The number of halogens is 1. The third-order valence-corrected chi connectivity index (χ3v) is 5.87. The predicted molar refractivity (Wildman–Crippen MR) is 127 cm³/mol. The van der Waals surface area contributed by atoms with Crippen LogP contribution in [-0.4, -0.2) is 15.0 Å². The third kappa shape index (κ3) is 4.10. The van der Waals surface area contributed by atoms with Crippen LogP contribution < -0.4 is 10.3 Å². The summed E-state index contributed by atoms with van der Waals surface area (Å²) >= 11 is 1.25. The Morgan fingerprint density at radius 2 is 1.78 bits per heavy atom. The lowest BCUT2D eigenvalue weighted by molar-refractivity contribution is 0.626. The summed E-state index contributed by atoms with van der Waals surface area (Å²) in [6.45, 7) is 0. The van der Waals surface area contributed by atoms with Gasteiger partial charge in [-0.3, -0.25) is 14.8 Å². The standard InChI is InChI=1S/C25H17FN4OS/c26-19-4-6-20(7-5-19)32-30-24-13-18(15-29-25(24)31)16-3-8-23-22(12-16)21(9-11-28-23)17-2-1-10-27-14-17/h1-15,30H,(H,29,31). The Kier molecular flexibility index (Phi) is 5.39. The Morgan fingerprint density at radius 3 is 2.59 bits per heavy atom. The molecule has 0 spiro atoms. The van der Waals surface area contributed by atoms with Crippen LogP contribution in [0.4, 0.5) is 10.1 Å². The molecule has 5 rings (SSSR count). The van der Waals surface area contributed by atoms with Crippen LogP contribution in [-0.2, 0) is 0 Å². The third-order valence-electron chi connectivity index (χ3n) is 5.04. The molecule has 3 heterocycles. The van der Waals surface area contributed by atoms with Crippen LogP contribution in [0.15, 0.2) is 101 Å². The second-order valence-corrected chi connectivity index (χ2v) is 8.00. The van der Waals surface area contributed by atoms with Gasteiger partial charge in [0.25, 0.3) is 5.56 Å². The summed E-state index contributed by atoms with van der Waals surface area (Å²) in [5.41, 5.74) is 4.91. The number of nitrogens with zero attached hydrogens (tertiary/aromatic N) is 2. The summed E-state index contributed by atoms with van der Waals surface area (Å²) in [4.78, 5) is 24.6. The highest BCUT2D eigenvalue weighted by atomic mass is 32.2. The van der Waals surface area contributed by atoms with Crippen LogP contribution in [0.1, 0.15) is 0 Å². The molecular weight excluding hydrogens is 423 g/mol. The summed E-state index contributed by atoms with van der Waals surface area (Å²) < 4.78 is 16.2. The molecule has 0 aliphatic carbocycles. The number of nitrogens with one attached hydrogen (secondary N) is 2. The smallest absolute Gasteiger partial charge is 0.272 e. The predicted octanol–water partition coefficient (Wildman–Crippen LogP) is 5.91. The Hall–Kier alpha value is -3.97. The largest absolute Gasteiger partial charge is 0.327 e. The number of benzene rings is 2. The van der Waals surface area contributed by atoms with E-state index in [4.69, 9.17) is 0 Å². The maximum Gasteiger partial charge on any atom is 0.272 e. The average molecular weight is 441 g/mol. The van der Waals surface area contributed by atoms with Gasteiger partial charge in [0.05, 0.1) is 5.52 Å². The van der Waals surface area contributed by atoms with Gasteiger partial charge < -0.3 is 9.71 Å². The van der Waals surface area contributed by atoms with Crippen molar-refractivity contribution in [3.8, 4) is 22.3 Å². The van der Waals surface area contributed by atoms with Crippen molar-refractivity contribution in [2.75, 3.05) is 4.72 Å². The average Bonchev–Trinajstić information content (AvgIpc) is 2.84. The molecule has 0 amide bonds. The molecule has 0 radical (unpaired) electrons. The van der Waals surface area contributed by atoms with E-state index in [-0.39, 0.29) is 11.4 Å². The number of fused-ring (bicyclic) bond motifs is 1. The van der Waals surface area contributed by atoms with E-state index < -0.39 is 0 Å². The lowest BCUT2D eigenvalue weighted by atomic mass is 9.99. The number of rotatable bonds is 5. The minimum atomic E-state index is -0.300. The lowest BCUT2D eigenvalue weighted by Gasteiger charge is -2.10. The van der Waals surface area contributed by atoms with Crippen LogP contribution in [0, 0.1) is 5.82 Å². The van der Waals surface area contributed by atoms with Gasteiger partial charge in [-0.1, -0.05) is 12.1 Å². The van der Waals surface area contributed by atoms with Gasteiger partial charge in [-0.2, -0.15) is 0 Å². The molecule has 0 atom stereocenters. The van der Waals surface area contributed by atoms with E-state index in [0.29, 0.717) is 5.69 Å². The molecule has 32 heavy (non-hydrogen) atoms. The highest BCUT2D eigenvalue weighted by Gasteiger charge is 2.09. The molecule has 0 unspecified atom stereocenters. The summed E-state index contributed by atoms with van der Waals surface area (Å²) in [6.07, 6.45) is 7.06. The van der Waals surface area contributed by atoms with Crippen molar-refractivity contribution < 1.29 is 4.39 Å². The van der Waals surface area contributed by atoms with Crippen molar-refractivity contribution in [1.29, 1.82) is 0 Å². The molecular formula is C25H17FN4OS. The van der Waals surface area contributed by atoms with Gasteiger partial charge in [0.1, 0.15) is 11.5 Å². The molecule has 5 nitrogen and oxygen atoms in total. The molecule has 0 aliphatic heterocycles. The van der Waals surface area contributed by atoms with Gasteiger partial charge >= 0.3 is 0 Å². The highest BCUT2D eigenvalue weighted by Crippen LogP contribution is 2.31. The number of aromatic nitrogens is 3. The van der Waals surface area contributed by atoms with Crippen molar-refractivity contribution >= 4 is 28.5 Å². The minimum absolute atomic E-state index is 0.234. The highest BCUT2D eigenvalue weighted by molar-refractivity contribution is 8.00. The van der Waals surface area contributed by atoms with Crippen LogP contribution in [0.25, 0.3) is 33.2 Å². The first-order valence-corrected chi connectivity index (χ1v) is 10.7. The molecule has 3 aromatic heterocycles. The van der Waals surface area contributed by atoms with E-state index in [0.717, 1.165) is 38.1 Å². The SMILES string of the molecule is O=c1[nH]cc(-c2ccc3nccc(-c4cccnc4)c3c2)cc1NSc1ccc(F)cc1. The molecule has 0 saturated heterocycles. The number of aromatic amines is 1. The second kappa shape index (κ2) is 8.64. The van der Waals surface area contributed by atoms with E-state index >= 15 is 0 Å². The summed E-state index contributed by atoms with van der Waals surface area (Å²) in [5, 5.41) is 0.999. The molecule has 0 fully saturated rings. The fraction of sp³-hybridized carbons (Fsp3) is 0. The van der Waals surface area contributed by atoms with Crippen LogP contribution in [0.2, 0.25) is 0 Å². The molecule has 0 saturated carbocycles. The summed E-state index contributed by atoms with van der Waals surface area (Å²) in [7, 11) is 0. The molecule has 0 aliphatic rings. The number of pyridine rings is 3. The van der Waals surface area contributed by atoms with Gasteiger partial charge in [-0.05, 0) is 77.7 Å². The number of anilines is 1. The van der Waals surface area contributed by atoms with E-state index in [2.05, 4.69) is 25.7 Å². The molecule has 5 aromatic rings. The Bertz CT molecular complexity index is 1450. The number of hydrogen-bond donors (Lipinski definition) is 2. The molecule has 2 N–H and O–H groups in total. The van der Waals surface area contributed by atoms with E-state index in [9.17, 15) is 9.18 Å². The van der Waals surface area contributed by atoms with Crippen molar-refractivity contribution in [1.82, 2.24) is 15.0 Å². The first-order valence-electron chi connectivity index (χ1n) is 9.88. The Balaban J connectivity index is 1.50. The molecule has 0 bridgehead atoms. The second-order valence-electron chi connectivity index (χ2n) is 7.12. The first kappa shape index (κ1) is 20.0. The number of H-pyrrole nitrogens is 1.